The summed E-state index contributed by atoms with van der Waals surface area (Å²) in [7, 11) is 1.57. The fraction of sp³-hybridized carbons (Fsp3) is 0.500. The third-order valence-electron chi connectivity index (χ3n) is 3.33. The Morgan fingerprint density at radius 2 is 2.45 bits per heavy atom. The standard InChI is InChI=1S/C14H18BrNO4/c1-19-12-5-4-9(7-11(12)15)13(14(17)18)16-8-10-3-2-6-20-10/h4-5,7,10,13,16H,2-3,6,8H2,1H3,(H,17,18). The number of benzene rings is 1. The number of hydrogen-bond acceptors (Lipinski definition) is 4. The second-order valence-electron chi connectivity index (χ2n) is 4.71. The summed E-state index contributed by atoms with van der Waals surface area (Å²) in [6.45, 7) is 1.30. The van der Waals surface area contributed by atoms with Crippen molar-refractivity contribution in [3.63, 3.8) is 0 Å². The minimum absolute atomic E-state index is 0.110. The van der Waals surface area contributed by atoms with E-state index in [4.69, 9.17) is 9.47 Å². The maximum absolute atomic E-state index is 11.4. The van der Waals surface area contributed by atoms with Crippen molar-refractivity contribution in [2.75, 3.05) is 20.3 Å². The van der Waals surface area contributed by atoms with Crippen LogP contribution in [0.4, 0.5) is 0 Å². The zero-order valence-electron chi connectivity index (χ0n) is 11.3. The summed E-state index contributed by atoms with van der Waals surface area (Å²) in [6.07, 6.45) is 2.13. The van der Waals surface area contributed by atoms with Gasteiger partial charge in [-0.2, -0.15) is 0 Å². The molecule has 1 aromatic rings. The molecule has 1 heterocycles. The van der Waals surface area contributed by atoms with Crippen molar-refractivity contribution < 1.29 is 19.4 Å². The summed E-state index contributed by atoms with van der Waals surface area (Å²) >= 11 is 3.37. The van der Waals surface area contributed by atoms with Crippen LogP contribution in [0, 0.1) is 0 Å². The molecule has 6 heteroatoms. The molecule has 0 radical (unpaired) electrons. The molecule has 2 N–H and O–H groups in total. The Morgan fingerprint density at radius 1 is 1.65 bits per heavy atom. The van der Waals surface area contributed by atoms with Gasteiger partial charge in [0.25, 0.3) is 0 Å². The van der Waals surface area contributed by atoms with Crippen LogP contribution in [0.1, 0.15) is 24.4 Å². The molecule has 5 nitrogen and oxygen atoms in total. The van der Waals surface area contributed by atoms with Crippen LogP contribution in [0.3, 0.4) is 0 Å². The van der Waals surface area contributed by atoms with Gasteiger partial charge in [-0.25, -0.2) is 0 Å². The van der Waals surface area contributed by atoms with Crippen molar-refractivity contribution in [1.82, 2.24) is 5.32 Å². The van der Waals surface area contributed by atoms with E-state index in [2.05, 4.69) is 21.2 Å². The molecule has 1 fully saturated rings. The molecule has 1 aliphatic heterocycles. The fourth-order valence-corrected chi connectivity index (χ4v) is 2.82. The topological polar surface area (TPSA) is 67.8 Å². The van der Waals surface area contributed by atoms with E-state index in [9.17, 15) is 9.90 Å². The highest BCUT2D eigenvalue weighted by Gasteiger charge is 2.23. The molecule has 0 amide bonds. The van der Waals surface area contributed by atoms with Gasteiger partial charge in [0.15, 0.2) is 0 Å². The van der Waals surface area contributed by atoms with Gasteiger partial charge >= 0.3 is 5.97 Å². The lowest BCUT2D eigenvalue weighted by atomic mass is 10.1. The van der Waals surface area contributed by atoms with Crippen LogP contribution in [0.5, 0.6) is 5.75 Å². The van der Waals surface area contributed by atoms with Gasteiger partial charge in [0.05, 0.1) is 17.7 Å². The average Bonchev–Trinajstić information content (AvgIpc) is 2.92. The van der Waals surface area contributed by atoms with Gasteiger partial charge in [-0.3, -0.25) is 10.1 Å². The average molecular weight is 344 g/mol. The number of rotatable bonds is 6. The van der Waals surface area contributed by atoms with E-state index >= 15 is 0 Å². The lowest BCUT2D eigenvalue weighted by Crippen LogP contribution is -2.34. The Kier molecular flexibility index (Phi) is 5.39. The molecule has 0 aromatic heterocycles. The van der Waals surface area contributed by atoms with Crippen LogP contribution in [-0.2, 0) is 9.53 Å². The van der Waals surface area contributed by atoms with Crippen LogP contribution < -0.4 is 10.1 Å². The first kappa shape index (κ1) is 15.3. The van der Waals surface area contributed by atoms with E-state index in [1.54, 1.807) is 25.3 Å². The van der Waals surface area contributed by atoms with Crippen LogP contribution in [-0.4, -0.2) is 37.4 Å². The number of ether oxygens (including phenoxy) is 2. The van der Waals surface area contributed by atoms with Crippen molar-refractivity contribution in [1.29, 1.82) is 0 Å². The van der Waals surface area contributed by atoms with Crippen molar-refractivity contribution in [2.24, 2.45) is 0 Å². The van der Waals surface area contributed by atoms with Gasteiger partial charge in [0.1, 0.15) is 11.8 Å². The lowest BCUT2D eigenvalue weighted by Gasteiger charge is -2.18. The smallest absolute Gasteiger partial charge is 0.325 e. The predicted molar refractivity (Wildman–Crippen MR) is 78.0 cm³/mol. The number of hydrogen-bond donors (Lipinski definition) is 2. The van der Waals surface area contributed by atoms with Gasteiger partial charge in [-0.1, -0.05) is 6.07 Å². The van der Waals surface area contributed by atoms with Crippen molar-refractivity contribution >= 4 is 21.9 Å². The first-order valence-corrected chi connectivity index (χ1v) is 7.32. The molecular formula is C14H18BrNO4. The third kappa shape index (κ3) is 3.71. The molecule has 0 saturated carbocycles. The van der Waals surface area contributed by atoms with Crippen molar-refractivity contribution in [3.05, 3.63) is 28.2 Å². The van der Waals surface area contributed by atoms with Crippen LogP contribution in [0.25, 0.3) is 0 Å². The van der Waals surface area contributed by atoms with Crippen LogP contribution >= 0.6 is 15.9 Å². The summed E-state index contributed by atoms with van der Waals surface area (Å²) in [4.78, 5) is 11.4. The number of methoxy groups -OCH3 is 1. The SMILES string of the molecule is COc1ccc(C(NCC2CCCO2)C(=O)O)cc1Br. The Morgan fingerprint density at radius 3 is 3.00 bits per heavy atom. The van der Waals surface area contributed by atoms with E-state index in [1.807, 2.05) is 0 Å². The van der Waals surface area contributed by atoms with Crippen LogP contribution in [0.15, 0.2) is 22.7 Å². The summed E-state index contributed by atoms with van der Waals surface area (Å²) in [5.74, 6) is -0.225. The molecule has 2 atom stereocenters. The highest BCUT2D eigenvalue weighted by atomic mass is 79.9. The number of carboxylic acids is 1. The van der Waals surface area contributed by atoms with Crippen LogP contribution in [0.2, 0.25) is 0 Å². The normalized spacial score (nSPS) is 19.8. The fourth-order valence-electron chi connectivity index (χ4n) is 2.26. The second-order valence-corrected chi connectivity index (χ2v) is 5.56. The number of nitrogens with one attached hydrogen (secondary N) is 1. The van der Waals surface area contributed by atoms with E-state index in [0.717, 1.165) is 23.9 Å². The number of aliphatic carboxylic acids is 1. The molecule has 0 spiro atoms. The van der Waals surface area contributed by atoms with E-state index in [1.165, 1.54) is 0 Å². The zero-order chi connectivity index (χ0) is 14.5. The molecular weight excluding hydrogens is 326 g/mol. The molecule has 2 unspecified atom stereocenters. The molecule has 2 rings (SSSR count). The van der Waals surface area contributed by atoms with Gasteiger partial charge in [0.2, 0.25) is 0 Å². The third-order valence-corrected chi connectivity index (χ3v) is 3.95. The lowest BCUT2D eigenvalue weighted by molar-refractivity contribution is -0.139. The van der Waals surface area contributed by atoms with Gasteiger partial charge < -0.3 is 14.6 Å². The Hall–Kier alpha value is -1.11. The second kappa shape index (κ2) is 7.06. The summed E-state index contributed by atoms with van der Waals surface area (Å²) < 4.78 is 11.4. The largest absolute Gasteiger partial charge is 0.496 e. The highest BCUT2D eigenvalue weighted by molar-refractivity contribution is 9.10. The monoisotopic (exact) mass is 343 g/mol. The summed E-state index contributed by atoms with van der Waals surface area (Å²) in [6, 6.07) is 4.52. The predicted octanol–water partition coefficient (Wildman–Crippen LogP) is 2.35. The molecule has 0 aliphatic carbocycles. The maximum atomic E-state index is 11.4. The maximum Gasteiger partial charge on any atom is 0.325 e. The summed E-state index contributed by atoms with van der Waals surface area (Å²) in [5, 5.41) is 12.4. The van der Waals surface area contributed by atoms with Crippen molar-refractivity contribution in [3.8, 4) is 5.75 Å². The zero-order valence-corrected chi connectivity index (χ0v) is 12.9. The quantitative estimate of drug-likeness (QED) is 0.829. The highest BCUT2D eigenvalue weighted by Crippen LogP contribution is 2.28. The van der Waals surface area contributed by atoms with Crippen molar-refractivity contribution in [2.45, 2.75) is 25.0 Å². The molecule has 1 aromatic carbocycles. The number of carboxylic acid groups (broad SMARTS) is 1. The number of halogens is 1. The minimum Gasteiger partial charge on any atom is -0.496 e. The molecule has 1 aliphatic rings. The van der Waals surface area contributed by atoms with E-state index < -0.39 is 12.0 Å². The first-order valence-electron chi connectivity index (χ1n) is 6.53. The summed E-state index contributed by atoms with van der Waals surface area (Å²) in [5.41, 5.74) is 0.683. The number of carbonyl (C=O) groups is 1. The molecule has 1 saturated heterocycles. The molecule has 110 valence electrons. The van der Waals surface area contributed by atoms with Gasteiger partial charge in [-0.05, 0) is 46.5 Å². The Bertz CT molecular complexity index is 474. The van der Waals surface area contributed by atoms with E-state index in [0.29, 0.717) is 17.9 Å². The minimum atomic E-state index is -0.903. The Balaban J connectivity index is 2.07. The molecule has 0 bridgehead atoms. The Labute approximate surface area is 126 Å². The van der Waals surface area contributed by atoms with Gasteiger partial charge in [0, 0.05) is 13.2 Å². The van der Waals surface area contributed by atoms with E-state index in [-0.39, 0.29) is 6.10 Å². The van der Waals surface area contributed by atoms with Gasteiger partial charge in [-0.15, -0.1) is 0 Å². The first-order chi connectivity index (χ1) is 9.61. The molecule has 20 heavy (non-hydrogen) atoms.